The summed E-state index contributed by atoms with van der Waals surface area (Å²) < 4.78 is 0. The van der Waals surface area contributed by atoms with Gasteiger partial charge in [-0.15, -0.1) is 0 Å². The van der Waals surface area contributed by atoms with Crippen LogP contribution in [0.3, 0.4) is 0 Å². The Hall–Kier alpha value is -2.38. The fourth-order valence-corrected chi connectivity index (χ4v) is 1.56. The summed E-state index contributed by atoms with van der Waals surface area (Å²) in [5, 5.41) is 13.7. The molecule has 0 unspecified atom stereocenters. The van der Waals surface area contributed by atoms with Crippen molar-refractivity contribution in [3.8, 4) is 0 Å². The number of nitrogens with zero attached hydrogens (tertiary/aromatic N) is 4. The minimum absolute atomic E-state index is 0.0601. The van der Waals surface area contributed by atoms with Gasteiger partial charge in [0.25, 0.3) is 5.69 Å². The Labute approximate surface area is 117 Å². The number of nitro groups is 1. The molecule has 1 aromatic heterocycles. The first-order valence-electron chi connectivity index (χ1n) is 6.18. The van der Waals surface area contributed by atoms with E-state index in [2.05, 4.69) is 10.3 Å². The molecule has 0 radical (unpaired) electrons. The van der Waals surface area contributed by atoms with Gasteiger partial charge in [0.05, 0.1) is 23.6 Å². The van der Waals surface area contributed by atoms with Crippen molar-refractivity contribution < 1.29 is 9.72 Å². The van der Waals surface area contributed by atoms with Crippen LogP contribution in [0.4, 0.5) is 17.3 Å². The second-order valence-electron chi connectivity index (χ2n) is 4.38. The molecule has 0 fully saturated rings. The molecule has 0 atom stereocenters. The third-order valence-corrected chi connectivity index (χ3v) is 2.79. The molecule has 0 saturated heterocycles. The van der Waals surface area contributed by atoms with Gasteiger partial charge in [-0.25, -0.2) is 4.98 Å². The van der Waals surface area contributed by atoms with Crippen LogP contribution in [0.1, 0.15) is 6.92 Å². The number of hydrogen-bond acceptors (Lipinski definition) is 6. The molecule has 0 bridgehead atoms. The molecule has 0 saturated carbocycles. The first-order valence-corrected chi connectivity index (χ1v) is 6.18. The van der Waals surface area contributed by atoms with Crippen LogP contribution < -0.4 is 10.2 Å². The van der Waals surface area contributed by atoms with Gasteiger partial charge in [-0.2, -0.15) is 0 Å². The van der Waals surface area contributed by atoms with E-state index in [1.165, 1.54) is 17.0 Å². The lowest BCUT2D eigenvalue weighted by Gasteiger charge is -2.23. The second-order valence-corrected chi connectivity index (χ2v) is 4.38. The van der Waals surface area contributed by atoms with Crippen LogP contribution >= 0.6 is 0 Å². The number of amides is 1. The Morgan fingerprint density at radius 1 is 1.45 bits per heavy atom. The maximum absolute atomic E-state index is 11.8. The highest BCUT2D eigenvalue weighted by molar-refractivity contribution is 5.80. The van der Waals surface area contributed by atoms with E-state index in [4.69, 9.17) is 0 Å². The number of aromatic nitrogens is 1. The molecule has 8 nitrogen and oxygen atoms in total. The van der Waals surface area contributed by atoms with Crippen molar-refractivity contribution >= 4 is 23.2 Å². The first kappa shape index (κ1) is 15.7. The maximum Gasteiger partial charge on any atom is 0.276 e. The Morgan fingerprint density at radius 3 is 2.55 bits per heavy atom. The van der Waals surface area contributed by atoms with Crippen molar-refractivity contribution in [2.45, 2.75) is 6.92 Å². The van der Waals surface area contributed by atoms with Crippen molar-refractivity contribution in [1.29, 1.82) is 0 Å². The SMILES string of the molecule is CCN(CC(=O)N(C)C)c1cc([N+](=O)[O-])cc(NC)n1. The van der Waals surface area contributed by atoms with E-state index in [0.29, 0.717) is 18.2 Å². The minimum Gasteiger partial charge on any atom is -0.373 e. The van der Waals surface area contributed by atoms with Crippen LogP contribution in [0.2, 0.25) is 0 Å². The lowest BCUT2D eigenvalue weighted by molar-refractivity contribution is -0.384. The standard InChI is InChI=1S/C12H19N5O3/c1-5-16(8-12(18)15(3)4)11-7-9(17(19)20)6-10(13-2)14-11/h6-7H,5,8H2,1-4H3,(H,13,14). The highest BCUT2D eigenvalue weighted by Gasteiger charge is 2.17. The molecule has 1 heterocycles. The zero-order valence-electron chi connectivity index (χ0n) is 12.1. The van der Waals surface area contributed by atoms with E-state index < -0.39 is 4.92 Å². The molecule has 0 aliphatic rings. The average Bonchev–Trinajstić information content (AvgIpc) is 2.43. The molecule has 1 aromatic rings. The predicted molar refractivity (Wildman–Crippen MR) is 77.0 cm³/mol. The van der Waals surface area contributed by atoms with Crippen LogP contribution in [0, 0.1) is 10.1 Å². The number of pyridine rings is 1. The molecular weight excluding hydrogens is 262 g/mol. The summed E-state index contributed by atoms with van der Waals surface area (Å²) in [6, 6.07) is 2.72. The molecule has 8 heteroatoms. The quantitative estimate of drug-likeness (QED) is 0.616. The van der Waals surface area contributed by atoms with E-state index in [-0.39, 0.29) is 18.1 Å². The van der Waals surface area contributed by atoms with Gasteiger partial charge in [0.1, 0.15) is 11.6 Å². The zero-order valence-corrected chi connectivity index (χ0v) is 12.1. The molecular formula is C12H19N5O3. The van der Waals surface area contributed by atoms with Crippen molar-refractivity contribution in [3.05, 3.63) is 22.2 Å². The van der Waals surface area contributed by atoms with Crippen molar-refractivity contribution in [3.63, 3.8) is 0 Å². The average molecular weight is 281 g/mol. The second kappa shape index (κ2) is 6.69. The fraction of sp³-hybridized carbons (Fsp3) is 0.500. The van der Waals surface area contributed by atoms with Crippen LogP contribution in [0.5, 0.6) is 0 Å². The monoisotopic (exact) mass is 281 g/mol. The highest BCUT2D eigenvalue weighted by Crippen LogP contribution is 2.23. The topological polar surface area (TPSA) is 91.6 Å². The molecule has 20 heavy (non-hydrogen) atoms. The minimum atomic E-state index is -0.479. The van der Waals surface area contributed by atoms with Gasteiger partial charge >= 0.3 is 0 Å². The maximum atomic E-state index is 11.8. The van der Waals surface area contributed by atoms with Crippen LogP contribution in [-0.2, 0) is 4.79 Å². The predicted octanol–water partition coefficient (Wildman–Crippen LogP) is 0.946. The number of rotatable bonds is 6. The summed E-state index contributed by atoms with van der Waals surface area (Å²) in [5.74, 6) is 0.706. The van der Waals surface area contributed by atoms with Crippen molar-refractivity contribution in [1.82, 2.24) is 9.88 Å². The number of anilines is 2. The third-order valence-electron chi connectivity index (χ3n) is 2.79. The molecule has 0 aromatic carbocycles. The Bertz CT molecular complexity index is 504. The number of carbonyl (C=O) groups is 1. The normalized spacial score (nSPS) is 10.0. The largest absolute Gasteiger partial charge is 0.373 e. The number of nitrogens with one attached hydrogen (secondary N) is 1. The lowest BCUT2D eigenvalue weighted by atomic mass is 10.3. The fourth-order valence-electron chi connectivity index (χ4n) is 1.56. The summed E-state index contributed by atoms with van der Waals surface area (Å²) in [6.45, 7) is 2.51. The Balaban J connectivity index is 3.10. The van der Waals surface area contributed by atoms with Crippen LogP contribution in [-0.4, -0.2) is 54.9 Å². The molecule has 0 spiro atoms. The molecule has 0 aliphatic carbocycles. The molecule has 110 valence electrons. The van der Waals surface area contributed by atoms with Crippen molar-refractivity contribution in [2.24, 2.45) is 0 Å². The van der Waals surface area contributed by atoms with Gasteiger partial charge in [-0.3, -0.25) is 14.9 Å². The van der Waals surface area contributed by atoms with E-state index in [0.717, 1.165) is 0 Å². The van der Waals surface area contributed by atoms with Gasteiger partial charge in [0, 0.05) is 27.7 Å². The molecule has 1 amide bonds. The summed E-state index contributed by atoms with van der Waals surface area (Å²) in [4.78, 5) is 29.6. The zero-order chi connectivity index (χ0) is 15.3. The summed E-state index contributed by atoms with van der Waals surface area (Å²) in [5.41, 5.74) is -0.0601. The molecule has 1 rings (SSSR count). The first-order chi connectivity index (χ1) is 9.38. The summed E-state index contributed by atoms with van der Waals surface area (Å²) in [7, 11) is 4.96. The third kappa shape index (κ3) is 3.81. The van der Waals surface area contributed by atoms with Gasteiger partial charge < -0.3 is 15.1 Å². The number of likely N-dealkylation sites (N-methyl/N-ethyl adjacent to an activating group) is 2. The molecule has 1 N–H and O–H groups in total. The van der Waals surface area contributed by atoms with Gasteiger partial charge in [0.2, 0.25) is 5.91 Å². The Kier molecular flexibility index (Phi) is 5.24. The van der Waals surface area contributed by atoms with Gasteiger partial charge in [-0.1, -0.05) is 0 Å². The van der Waals surface area contributed by atoms with Crippen molar-refractivity contribution in [2.75, 3.05) is 44.4 Å². The number of carbonyl (C=O) groups excluding carboxylic acids is 1. The summed E-state index contributed by atoms with van der Waals surface area (Å²) in [6.07, 6.45) is 0. The molecule has 0 aliphatic heterocycles. The lowest BCUT2D eigenvalue weighted by Crippen LogP contribution is -2.37. The highest BCUT2D eigenvalue weighted by atomic mass is 16.6. The van der Waals surface area contributed by atoms with Gasteiger partial charge in [0.15, 0.2) is 0 Å². The smallest absolute Gasteiger partial charge is 0.276 e. The number of hydrogen-bond donors (Lipinski definition) is 1. The van der Waals surface area contributed by atoms with E-state index in [9.17, 15) is 14.9 Å². The summed E-state index contributed by atoms with van der Waals surface area (Å²) >= 11 is 0. The van der Waals surface area contributed by atoms with Gasteiger partial charge in [-0.05, 0) is 6.92 Å². The van der Waals surface area contributed by atoms with E-state index >= 15 is 0 Å². The van der Waals surface area contributed by atoms with Crippen LogP contribution in [0.25, 0.3) is 0 Å². The van der Waals surface area contributed by atoms with E-state index in [1.54, 1.807) is 26.0 Å². The van der Waals surface area contributed by atoms with E-state index in [1.807, 2.05) is 6.92 Å². The Morgan fingerprint density at radius 2 is 2.10 bits per heavy atom. The van der Waals surface area contributed by atoms with Crippen LogP contribution in [0.15, 0.2) is 12.1 Å².